The van der Waals surface area contributed by atoms with Crippen molar-refractivity contribution in [3.8, 4) is 0 Å². The normalized spacial score (nSPS) is 12.2. The van der Waals surface area contributed by atoms with Crippen molar-refractivity contribution in [2.45, 2.75) is 31.6 Å². The van der Waals surface area contributed by atoms with E-state index >= 15 is 0 Å². The maximum Gasteiger partial charge on any atom is 0.227 e. The van der Waals surface area contributed by atoms with Crippen LogP contribution in [0, 0.1) is 5.92 Å². The Morgan fingerprint density at radius 1 is 1.50 bits per heavy atom. The molecule has 0 heterocycles. The van der Waals surface area contributed by atoms with Crippen LogP contribution in [0.1, 0.15) is 26.7 Å². The monoisotopic (exact) mass is 237 g/mol. The van der Waals surface area contributed by atoms with Crippen molar-refractivity contribution in [3.05, 3.63) is 24.3 Å². The Kier molecular flexibility index (Phi) is 5.39. The van der Waals surface area contributed by atoms with E-state index in [0.29, 0.717) is 0 Å². The lowest BCUT2D eigenvalue weighted by molar-refractivity contribution is -0.119. The third kappa shape index (κ3) is 3.89. The van der Waals surface area contributed by atoms with Gasteiger partial charge in [-0.05, 0) is 30.9 Å². The molecule has 1 unspecified atom stereocenters. The van der Waals surface area contributed by atoms with Gasteiger partial charge in [-0.15, -0.1) is 11.8 Å². The molecule has 0 fully saturated rings. The van der Waals surface area contributed by atoms with Crippen LogP contribution in [-0.4, -0.2) is 12.2 Å². The smallest absolute Gasteiger partial charge is 0.227 e. The number of thioether (sulfide) groups is 1. The van der Waals surface area contributed by atoms with Gasteiger partial charge in [0, 0.05) is 16.5 Å². The minimum atomic E-state index is 0.0861. The van der Waals surface area contributed by atoms with E-state index in [-0.39, 0.29) is 11.8 Å². The highest BCUT2D eigenvalue weighted by atomic mass is 32.2. The summed E-state index contributed by atoms with van der Waals surface area (Å²) >= 11 is 1.68. The predicted octanol–water partition coefficient (Wildman–Crippen LogP) is 3.78. The van der Waals surface area contributed by atoms with E-state index in [9.17, 15) is 4.79 Å². The van der Waals surface area contributed by atoms with Crippen LogP contribution < -0.4 is 5.32 Å². The highest BCUT2D eigenvalue weighted by Crippen LogP contribution is 2.19. The lowest BCUT2D eigenvalue weighted by atomic mass is 10.1. The topological polar surface area (TPSA) is 29.1 Å². The summed E-state index contributed by atoms with van der Waals surface area (Å²) in [5.41, 5.74) is 0.889. The third-order valence-corrected chi connectivity index (χ3v) is 3.23. The molecule has 88 valence electrons. The zero-order valence-corrected chi connectivity index (χ0v) is 10.9. The number of anilines is 1. The number of nitrogens with one attached hydrogen (secondary N) is 1. The molecule has 0 aliphatic rings. The lowest BCUT2D eigenvalue weighted by Crippen LogP contribution is -2.20. The fourth-order valence-electron chi connectivity index (χ4n) is 1.53. The van der Waals surface area contributed by atoms with Gasteiger partial charge in [-0.2, -0.15) is 0 Å². The fraction of sp³-hybridized carbons (Fsp3) is 0.462. The molecule has 0 radical (unpaired) electrons. The van der Waals surface area contributed by atoms with Gasteiger partial charge < -0.3 is 5.32 Å². The maximum absolute atomic E-state index is 11.8. The van der Waals surface area contributed by atoms with Crippen molar-refractivity contribution >= 4 is 23.4 Å². The number of hydrogen-bond acceptors (Lipinski definition) is 2. The number of rotatable bonds is 5. The van der Waals surface area contributed by atoms with Crippen LogP contribution in [-0.2, 0) is 4.79 Å². The molecule has 1 N–H and O–H groups in total. The van der Waals surface area contributed by atoms with Crippen LogP contribution in [0.5, 0.6) is 0 Å². The molecule has 2 nitrogen and oxygen atoms in total. The number of hydrogen-bond donors (Lipinski definition) is 1. The molecule has 0 spiro atoms. The quantitative estimate of drug-likeness (QED) is 0.790. The second kappa shape index (κ2) is 6.59. The minimum Gasteiger partial charge on any atom is -0.326 e. The minimum absolute atomic E-state index is 0.0861. The molecule has 0 saturated carbocycles. The summed E-state index contributed by atoms with van der Waals surface area (Å²) in [6.07, 6.45) is 4.01. The Morgan fingerprint density at radius 2 is 2.25 bits per heavy atom. The Morgan fingerprint density at radius 3 is 2.88 bits per heavy atom. The molecular formula is C13H19NOS. The van der Waals surface area contributed by atoms with E-state index in [2.05, 4.69) is 12.2 Å². The first kappa shape index (κ1) is 13.1. The van der Waals surface area contributed by atoms with Gasteiger partial charge in [0.05, 0.1) is 0 Å². The summed E-state index contributed by atoms with van der Waals surface area (Å²) in [5, 5.41) is 2.95. The molecule has 0 saturated heterocycles. The molecular weight excluding hydrogens is 218 g/mol. The first-order valence-electron chi connectivity index (χ1n) is 5.62. The summed E-state index contributed by atoms with van der Waals surface area (Å²) in [7, 11) is 0. The van der Waals surface area contributed by atoms with Crippen LogP contribution >= 0.6 is 11.8 Å². The fourth-order valence-corrected chi connectivity index (χ4v) is 1.99. The highest BCUT2D eigenvalue weighted by molar-refractivity contribution is 7.98. The second-order valence-corrected chi connectivity index (χ2v) is 4.79. The molecule has 1 aromatic carbocycles. The van der Waals surface area contributed by atoms with Gasteiger partial charge >= 0.3 is 0 Å². The van der Waals surface area contributed by atoms with Crippen LogP contribution in [0.15, 0.2) is 29.2 Å². The lowest BCUT2D eigenvalue weighted by Gasteiger charge is -2.11. The molecule has 3 heteroatoms. The third-order valence-electron chi connectivity index (χ3n) is 2.51. The Balaban J connectivity index is 2.61. The molecule has 0 bridgehead atoms. The molecule has 16 heavy (non-hydrogen) atoms. The summed E-state index contributed by atoms with van der Waals surface area (Å²) in [4.78, 5) is 13.0. The zero-order chi connectivity index (χ0) is 12.0. The molecule has 1 rings (SSSR count). The van der Waals surface area contributed by atoms with E-state index in [0.717, 1.165) is 18.5 Å². The first-order chi connectivity index (χ1) is 7.67. The number of amides is 1. The predicted molar refractivity (Wildman–Crippen MR) is 70.9 cm³/mol. The first-order valence-corrected chi connectivity index (χ1v) is 6.84. The van der Waals surface area contributed by atoms with Crippen molar-refractivity contribution in [1.29, 1.82) is 0 Å². The summed E-state index contributed by atoms with van der Waals surface area (Å²) in [6, 6.07) is 7.93. The summed E-state index contributed by atoms with van der Waals surface area (Å²) < 4.78 is 0. The summed E-state index contributed by atoms with van der Waals surface area (Å²) in [5.74, 6) is 0.197. The largest absolute Gasteiger partial charge is 0.326 e. The molecule has 0 aliphatic carbocycles. The van der Waals surface area contributed by atoms with Gasteiger partial charge in [0.25, 0.3) is 0 Å². The van der Waals surface area contributed by atoms with E-state index in [4.69, 9.17) is 0 Å². The Labute approximate surface area is 102 Å². The molecule has 1 amide bonds. The van der Waals surface area contributed by atoms with E-state index in [1.165, 1.54) is 4.90 Å². The second-order valence-electron chi connectivity index (χ2n) is 3.91. The number of carbonyl (C=O) groups is 1. The SMILES string of the molecule is CCCC(C)C(=O)Nc1cccc(SC)c1. The maximum atomic E-state index is 11.8. The van der Waals surface area contributed by atoms with Crippen molar-refractivity contribution < 1.29 is 4.79 Å². The molecule has 1 atom stereocenters. The van der Waals surface area contributed by atoms with Crippen molar-refractivity contribution in [2.75, 3.05) is 11.6 Å². The van der Waals surface area contributed by atoms with E-state index < -0.39 is 0 Å². The Bertz CT molecular complexity index is 352. The van der Waals surface area contributed by atoms with Gasteiger partial charge in [-0.3, -0.25) is 4.79 Å². The van der Waals surface area contributed by atoms with Gasteiger partial charge in [-0.1, -0.05) is 26.3 Å². The van der Waals surface area contributed by atoms with E-state index in [1.54, 1.807) is 11.8 Å². The van der Waals surface area contributed by atoms with Crippen LogP contribution in [0.3, 0.4) is 0 Å². The number of benzene rings is 1. The van der Waals surface area contributed by atoms with Crippen molar-refractivity contribution in [2.24, 2.45) is 5.92 Å². The average Bonchev–Trinajstić information content (AvgIpc) is 2.29. The standard InChI is InChI=1S/C13H19NOS/c1-4-6-10(2)13(15)14-11-7-5-8-12(9-11)16-3/h5,7-10H,4,6H2,1-3H3,(H,14,15). The number of carbonyl (C=O) groups excluding carboxylic acids is 1. The molecule has 0 aliphatic heterocycles. The van der Waals surface area contributed by atoms with Gasteiger partial charge in [0.1, 0.15) is 0 Å². The average molecular weight is 237 g/mol. The molecule has 0 aromatic heterocycles. The van der Waals surface area contributed by atoms with Crippen molar-refractivity contribution in [3.63, 3.8) is 0 Å². The highest BCUT2D eigenvalue weighted by Gasteiger charge is 2.11. The van der Waals surface area contributed by atoms with Crippen LogP contribution in [0.4, 0.5) is 5.69 Å². The summed E-state index contributed by atoms with van der Waals surface area (Å²) in [6.45, 7) is 4.06. The van der Waals surface area contributed by atoms with Gasteiger partial charge in [-0.25, -0.2) is 0 Å². The van der Waals surface area contributed by atoms with E-state index in [1.807, 2.05) is 37.4 Å². The molecule has 1 aromatic rings. The zero-order valence-electron chi connectivity index (χ0n) is 10.1. The van der Waals surface area contributed by atoms with Crippen LogP contribution in [0.2, 0.25) is 0 Å². The van der Waals surface area contributed by atoms with Gasteiger partial charge in [0.2, 0.25) is 5.91 Å². The van der Waals surface area contributed by atoms with Crippen molar-refractivity contribution in [1.82, 2.24) is 0 Å². The van der Waals surface area contributed by atoms with Crippen LogP contribution in [0.25, 0.3) is 0 Å². The van der Waals surface area contributed by atoms with Gasteiger partial charge in [0.15, 0.2) is 0 Å². The Hall–Kier alpha value is -0.960.